The lowest BCUT2D eigenvalue weighted by atomic mass is 10.2. The third kappa shape index (κ3) is 2.04. The molecule has 2 aromatic rings. The number of rotatable bonds is 2. The maximum atomic E-state index is 4.04. The van der Waals surface area contributed by atoms with Crippen LogP contribution in [0.5, 0.6) is 0 Å². The van der Waals surface area contributed by atoms with Gasteiger partial charge in [0.15, 0.2) is 0 Å². The predicted molar refractivity (Wildman–Crippen MR) is 53.9 cm³/mol. The zero-order chi connectivity index (χ0) is 9.80. The molecular weight excluding hydrogens is 176 g/mol. The van der Waals surface area contributed by atoms with Gasteiger partial charge < -0.3 is 4.98 Å². The van der Waals surface area contributed by atoms with E-state index in [4.69, 9.17) is 0 Å². The van der Waals surface area contributed by atoms with Gasteiger partial charge in [-0.15, -0.1) is 10.2 Å². The Labute approximate surface area is 81.7 Å². The third-order valence-corrected chi connectivity index (χ3v) is 1.75. The van der Waals surface area contributed by atoms with Gasteiger partial charge in [-0.25, -0.2) is 4.98 Å². The number of nitrogens with zero attached hydrogens (tertiary/aromatic N) is 3. The van der Waals surface area contributed by atoms with Crippen molar-refractivity contribution in [1.82, 2.24) is 9.97 Å². The van der Waals surface area contributed by atoms with Crippen LogP contribution in [0.3, 0.4) is 0 Å². The van der Waals surface area contributed by atoms with E-state index in [1.807, 2.05) is 31.2 Å². The Bertz CT molecular complexity index is 431. The van der Waals surface area contributed by atoms with E-state index in [1.54, 1.807) is 12.4 Å². The Balaban J connectivity index is 2.18. The van der Waals surface area contributed by atoms with Gasteiger partial charge in [-0.05, 0) is 24.6 Å². The maximum absolute atomic E-state index is 4.04. The van der Waals surface area contributed by atoms with Crippen molar-refractivity contribution >= 4 is 11.6 Å². The highest BCUT2D eigenvalue weighted by Gasteiger charge is 1.91. The molecule has 4 heteroatoms. The molecule has 0 aliphatic rings. The van der Waals surface area contributed by atoms with Crippen LogP contribution < -0.4 is 0 Å². The molecule has 0 bridgehead atoms. The summed E-state index contributed by atoms with van der Waals surface area (Å²) in [6, 6.07) is 7.84. The van der Waals surface area contributed by atoms with Crippen LogP contribution in [0.4, 0.5) is 11.6 Å². The molecule has 0 aliphatic carbocycles. The molecular formula is C10H10N4. The van der Waals surface area contributed by atoms with Gasteiger partial charge in [0.2, 0.25) is 5.95 Å². The molecule has 0 saturated carbocycles. The number of benzene rings is 1. The monoisotopic (exact) mass is 186 g/mol. The molecule has 2 rings (SSSR count). The van der Waals surface area contributed by atoms with Crippen molar-refractivity contribution in [3.05, 3.63) is 42.2 Å². The summed E-state index contributed by atoms with van der Waals surface area (Å²) in [6.07, 6.45) is 3.36. The normalized spacial score (nSPS) is 10.9. The molecule has 1 N–H and O–H groups in total. The van der Waals surface area contributed by atoms with Crippen molar-refractivity contribution in [2.75, 3.05) is 0 Å². The highest BCUT2D eigenvalue weighted by molar-refractivity contribution is 5.39. The van der Waals surface area contributed by atoms with E-state index in [-0.39, 0.29) is 0 Å². The Kier molecular flexibility index (Phi) is 2.36. The number of hydrogen-bond donors (Lipinski definition) is 1. The first-order chi connectivity index (χ1) is 6.84. The van der Waals surface area contributed by atoms with Crippen LogP contribution >= 0.6 is 0 Å². The third-order valence-electron chi connectivity index (χ3n) is 1.75. The van der Waals surface area contributed by atoms with E-state index in [1.165, 1.54) is 5.56 Å². The number of aryl methyl sites for hydroxylation is 1. The smallest absolute Gasteiger partial charge is 0.246 e. The standard InChI is InChI=1S/C10H10N4/c1-8-3-2-4-9(7-8)13-14-10-11-5-6-12-10/h2-7H,1H3,(H,11,12)/b14-13+. The summed E-state index contributed by atoms with van der Waals surface area (Å²) in [5.74, 6) is 0.520. The molecule has 70 valence electrons. The summed E-state index contributed by atoms with van der Waals surface area (Å²) in [7, 11) is 0. The number of H-pyrrole nitrogens is 1. The first-order valence-corrected chi connectivity index (χ1v) is 4.32. The summed E-state index contributed by atoms with van der Waals surface area (Å²) in [6.45, 7) is 2.02. The summed E-state index contributed by atoms with van der Waals surface area (Å²) in [5.41, 5.74) is 2.00. The number of aromatic nitrogens is 2. The lowest BCUT2D eigenvalue weighted by molar-refractivity contribution is 1.12. The van der Waals surface area contributed by atoms with Crippen molar-refractivity contribution in [1.29, 1.82) is 0 Å². The SMILES string of the molecule is Cc1cccc(/N=N/c2ncc[nH]2)c1. The molecule has 1 aromatic heterocycles. The van der Waals surface area contributed by atoms with Crippen LogP contribution in [-0.4, -0.2) is 9.97 Å². The molecule has 0 spiro atoms. The van der Waals surface area contributed by atoms with Gasteiger partial charge >= 0.3 is 0 Å². The van der Waals surface area contributed by atoms with Crippen LogP contribution in [0.1, 0.15) is 5.56 Å². The number of nitrogens with one attached hydrogen (secondary N) is 1. The molecule has 0 atom stereocenters. The van der Waals surface area contributed by atoms with E-state index < -0.39 is 0 Å². The maximum Gasteiger partial charge on any atom is 0.246 e. The summed E-state index contributed by atoms with van der Waals surface area (Å²) < 4.78 is 0. The second-order valence-corrected chi connectivity index (χ2v) is 2.95. The van der Waals surface area contributed by atoms with Gasteiger partial charge in [0.1, 0.15) is 0 Å². The topological polar surface area (TPSA) is 53.4 Å². The highest BCUT2D eigenvalue weighted by Crippen LogP contribution is 2.15. The van der Waals surface area contributed by atoms with Crippen molar-refractivity contribution in [3.63, 3.8) is 0 Å². The van der Waals surface area contributed by atoms with E-state index in [0.717, 1.165) is 5.69 Å². The number of aromatic amines is 1. The minimum atomic E-state index is 0.520. The second kappa shape index (κ2) is 3.83. The van der Waals surface area contributed by atoms with E-state index >= 15 is 0 Å². The van der Waals surface area contributed by atoms with Gasteiger partial charge in [-0.3, -0.25) is 0 Å². The van der Waals surface area contributed by atoms with Gasteiger partial charge in [0.25, 0.3) is 0 Å². The van der Waals surface area contributed by atoms with E-state index in [9.17, 15) is 0 Å². The minimum absolute atomic E-state index is 0.520. The predicted octanol–water partition coefficient (Wildman–Crippen LogP) is 3.13. The molecule has 0 unspecified atom stereocenters. The van der Waals surface area contributed by atoms with Gasteiger partial charge in [-0.2, -0.15) is 0 Å². The Morgan fingerprint density at radius 1 is 1.29 bits per heavy atom. The average Bonchev–Trinajstić information content (AvgIpc) is 2.67. The van der Waals surface area contributed by atoms with E-state index in [0.29, 0.717) is 5.95 Å². The number of azo groups is 1. The first kappa shape index (κ1) is 8.62. The zero-order valence-electron chi connectivity index (χ0n) is 7.81. The van der Waals surface area contributed by atoms with Gasteiger partial charge in [0.05, 0.1) is 5.69 Å². The molecule has 1 aromatic carbocycles. The number of hydrogen-bond acceptors (Lipinski definition) is 3. The van der Waals surface area contributed by atoms with Gasteiger partial charge in [-0.1, -0.05) is 12.1 Å². The fraction of sp³-hybridized carbons (Fsp3) is 0.100. The largest absolute Gasteiger partial charge is 0.328 e. The van der Waals surface area contributed by atoms with Crippen LogP contribution in [0.25, 0.3) is 0 Å². The highest BCUT2D eigenvalue weighted by atomic mass is 15.2. The van der Waals surface area contributed by atoms with Crippen LogP contribution in [0.15, 0.2) is 46.9 Å². The average molecular weight is 186 g/mol. The fourth-order valence-electron chi connectivity index (χ4n) is 1.11. The minimum Gasteiger partial charge on any atom is -0.328 e. The quantitative estimate of drug-likeness (QED) is 0.719. The molecule has 0 saturated heterocycles. The van der Waals surface area contributed by atoms with Crippen molar-refractivity contribution in [2.24, 2.45) is 10.2 Å². The molecule has 0 fully saturated rings. The summed E-state index contributed by atoms with van der Waals surface area (Å²) in [4.78, 5) is 6.79. The molecule has 0 amide bonds. The Morgan fingerprint density at radius 2 is 2.21 bits per heavy atom. The van der Waals surface area contributed by atoms with Crippen LogP contribution in [0.2, 0.25) is 0 Å². The summed E-state index contributed by atoms with van der Waals surface area (Å²) >= 11 is 0. The van der Waals surface area contributed by atoms with Crippen molar-refractivity contribution in [3.8, 4) is 0 Å². The zero-order valence-corrected chi connectivity index (χ0v) is 7.81. The van der Waals surface area contributed by atoms with Crippen molar-refractivity contribution < 1.29 is 0 Å². The second-order valence-electron chi connectivity index (χ2n) is 2.95. The Hall–Kier alpha value is -1.97. The lowest BCUT2D eigenvalue weighted by Gasteiger charge is -1.92. The lowest BCUT2D eigenvalue weighted by Crippen LogP contribution is -1.69. The molecule has 14 heavy (non-hydrogen) atoms. The molecule has 1 heterocycles. The summed E-state index contributed by atoms with van der Waals surface area (Å²) in [5, 5.41) is 7.98. The first-order valence-electron chi connectivity index (χ1n) is 4.32. The van der Waals surface area contributed by atoms with Gasteiger partial charge in [0, 0.05) is 12.4 Å². The van der Waals surface area contributed by atoms with Crippen LogP contribution in [-0.2, 0) is 0 Å². The molecule has 4 nitrogen and oxygen atoms in total. The molecule has 0 aliphatic heterocycles. The van der Waals surface area contributed by atoms with E-state index in [2.05, 4.69) is 20.2 Å². The van der Waals surface area contributed by atoms with Crippen molar-refractivity contribution in [2.45, 2.75) is 6.92 Å². The van der Waals surface area contributed by atoms with Crippen LogP contribution in [0, 0.1) is 6.92 Å². The number of imidazole rings is 1. The fourth-order valence-corrected chi connectivity index (χ4v) is 1.11. The Morgan fingerprint density at radius 3 is 2.93 bits per heavy atom. The molecule has 0 radical (unpaired) electrons.